The van der Waals surface area contributed by atoms with E-state index in [9.17, 15) is 0 Å². The number of nitrogens with one attached hydrogen (secondary N) is 2. The normalized spacial score (nSPS) is 11.2. The summed E-state index contributed by atoms with van der Waals surface area (Å²) in [7, 11) is 2.15. The van der Waals surface area contributed by atoms with Gasteiger partial charge in [-0.05, 0) is 43.3 Å². The number of pyridine rings is 1. The number of H-pyrrole nitrogens is 2. The molecule has 3 aromatic heterocycles. The van der Waals surface area contributed by atoms with Gasteiger partial charge in [-0.3, -0.25) is 4.90 Å². The maximum Gasteiger partial charge on any atom is 0.180 e. The largest absolute Gasteiger partial charge is 0.384 e. The predicted octanol–water partition coefficient (Wildman–Crippen LogP) is 5.66. The first-order chi connectivity index (χ1) is 15.5. The van der Waals surface area contributed by atoms with E-state index in [2.05, 4.69) is 86.5 Å². The summed E-state index contributed by atoms with van der Waals surface area (Å²) in [6.45, 7) is 7.72. The number of hydrogen-bond acceptors (Lipinski definition) is 4. The number of nitrogen functional groups attached to an aromatic ring is 1. The highest BCUT2D eigenvalue weighted by Crippen LogP contribution is 2.30. The summed E-state index contributed by atoms with van der Waals surface area (Å²) in [6.07, 6.45) is 0. The van der Waals surface area contributed by atoms with Gasteiger partial charge in [-0.25, -0.2) is 9.97 Å². The van der Waals surface area contributed by atoms with Crippen LogP contribution >= 0.6 is 0 Å². The number of fused-ring (bicyclic) bond motifs is 2. The molecule has 6 heteroatoms. The molecule has 164 valence electrons. The van der Waals surface area contributed by atoms with Crippen LogP contribution in [-0.2, 0) is 13.1 Å². The number of imidazole rings is 1. The molecule has 0 bridgehead atoms. The van der Waals surface area contributed by atoms with Crippen LogP contribution in [0.5, 0.6) is 0 Å². The molecule has 3 heterocycles. The summed E-state index contributed by atoms with van der Waals surface area (Å²) in [5.41, 5.74) is 13.2. The first-order valence-electron chi connectivity index (χ1n) is 11.0. The van der Waals surface area contributed by atoms with Crippen molar-refractivity contribution in [3.8, 4) is 11.3 Å². The standard InChI is InChI=1S/C24H24N6.C2H6/c1-15-26-23-19(12-22(25)29-24(23)27-15)21-11-18-9-8-17(10-20(18)28-21)14-30(2)13-16-6-4-3-5-7-16;1-2/h3-12,28H,13-14H2,1-2H3,(H3,25,26,27,29);1-2H3. The lowest BCUT2D eigenvalue weighted by Crippen LogP contribution is -2.17. The molecule has 0 unspecified atom stereocenters. The molecule has 0 fully saturated rings. The van der Waals surface area contributed by atoms with Crippen LogP contribution in [0.15, 0.2) is 60.7 Å². The smallest absolute Gasteiger partial charge is 0.180 e. The number of aromatic nitrogens is 4. The fourth-order valence-electron chi connectivity index (χ4n) is 4.02. The molecule has 0 radical (unpaired) electrons. The van der Waals surface area contributed by atoms with Gasteiger partial charge >= 0.3 is 0 Å². The SMILES string of the molecule is CC.Cc1nc2nc(N)cc(-c3cc4ccc(CN(C)Cc5ccccc5)cc4[nH]3)c2[nH]1. The fraction of sp³-hybridized carbons (Fsp3) is 0.231. The molecule has 4 N–H and O–H groups in total. The molecule has 5 aromatic rings. The minimum atomic E-state index is 0.464. The van der Waals surface area contributed by atoms with E-state index in [-0.39, 0.29) is 0 Å². The van der Waals surface area contributed by atoms with E-state index >= 15 is 0 Å². The van der Waals surface area contributed by atoms with Gasteiger partial charge in [-0.15, -0.1) is 0 Å². The Labute approximate surface area is 188 Å². The number of nitrogens with two attached hydrogens (primary N) is 1. The summed E-state index contributed by atoms with van der Waals surface area (Å²) in [6, 6.07) is 21.2. The summed E-state index contributed by atoms with van der Waals surface area (Å²) >= 11 is 0. The van der Waals surface area contributed by atoms with Crippen molar-refractivity contribution in [1.82, 2.24) is 24.8 Å². The highest BCUT2D eigenvalue weighted by molar-refractivity contribution is 5.95. The third-order valence-corrected chi connectivity index (χ3v) is 5.32. The molecule has 0 aliphatic rings. The monoisotopic (exact) mass is 426 g/mol. The van der Waals surface area contributed by atoms with Crippen LogP contribution < -0.4 is 5.73 Å². The second-order valence-electron chi connectivity index (χ2n) is 7.88. The molecule has 0 atom stereocenters. The Morgan fingerprint density at radius 1 is 0.875 bits per heavy atom. The molecule has 0 saturated heterocycles. The maximum absolute atomic E-state index is 6.02. The molecule has 2 aromatic carbocycles. The fourth-order valence-corrected chi connectivity index (χ4v) is 4.02. The minimum Gasteiger partial charge on any atom is -0.384 e. The Balaban J connectivity index is 0.00000119. The Kier molecular flexibility index (Phi) is 6.23. The summed E-state index contributed by atoms with van der Waals surface area (Å²) in [4.78, 5) is 17.9. The molecule has 32 heavy (non-hydrogen) atoms. The van der Waals surface area contributed by atoms with Gasteiger partial charge in [-0.2, -0.15) is 0 Å². The molecule has 0 aliphatic carbocycles. The van der Waals surface area contributed by atoms with Crippen LogP contribution in [0.25, 0.3) is 33.3 Å². The van der Waals surface area contributed by atoms with E-state index in [0.29, 0.717) is 11.5 Å². The molecule has 5 rings (SSSR count). The van der Waals surface area contributed by atoms with Gasteiger partial charge in [0.15, 0.2) is 5.65 Å². The Morgan fingerprint density at radius 3 is 2.41 bits per heavy atom. The zero-order valence-electron chi connectivity index (χ0n) is 19.1. The molecule has 0 saturated carbocycles. The zero-order chi connectivity index (χ0) is 22.7. The van der Waals surface area contributed by atoms with Gasteiger partial charge in [0.1, 0.15) is 11.6 Å². The zero-order valence-corrected chi connectivity index (χ0v) is 19.1. The quantitative estimate of drug-likeness (QED) is 0.339. The predicted molar refractivity (Wildman–Crippen MR) is 133 cm³/mol. The number of aromatic amines is 2. The van der Waals surface area contributed by atoms with Gasteiger partial charge in [0, 0.05) is 35.2 Å². The minimum absolute atomic E-state index is 0.464. The lowest BCUT2D eigenvalue weighted by atomic mass is 10.1. The van der Waals surface area contributed by atoms with Crippen LogP contribution in [0.2, 0.25) is 0 Å². The highest BCUT2D eigenvalue weighted by atomic mass is 15.1. The summed E-state index contributed by atoms with van der Waals surface area (Å²) < 4.78 is 0. The lowest BCUT2D eigenvalue weighted by Gasteiger charge is -2.16. The third kappa shape index (κ3) is 4.50. The van der Waals surface area contributed by atoms with Gasteiger partial charge in [0.2, 0.25) is 0 Å². The molecular formula is C26H30N6. The van der Waals surface area contributed by atoms with Crippen molar-refractivity contribution in [2.45, 2.75) is 33.9 Å². The van der Waals surface area contributed by atoms with E-state index in [0.717, 1.165) is 41.2 Å². The Morgan fingerprint density at radius 2 is 1.62 bits per heavy atom. The number of anilines is 1. The maximum atomic E-state index is 6.02. The van der Waals surface area contributed by atoms with E-state index in [1.807, 2.05) is 26.8 Å². The number of hydrogen-bond donors (Lipinski definition) is 3. The van der Waals surface area contributed by atoms with E-state index in [1.54, 1.807) is 0 Å². The van der Waals surface area contributed by atoms with Crippen molar-refractivity contribution in [1.29, 1.82) is 0 Å². The van der Waals surface area contributed by atoms with E-state index in [1.165, 1.54) is 16.5 Å². The van der Waals surface area contributed by atoms with Crippen LogP contribution in [-0.4, -0.2) is 31.9 Å². The number of nitrogens with zero attached hydrogens (tertiary/aromatic N) is 3. The van der Waals surface area contributed by atoms with Crippen LogP contribution in [0, 0.1) is 6.92 Å². The van der Waals surface area contributed by atoms with Crippen molar-refractivity contribution in [2.75, 3.05) is 12.8 Å². The molecule has 6 nitrogen and oxygen atoms in total. The molecule has 0 spiro atoms. The van der Waals surface area contributed by atoms with Crippen molar-refractivity contribution in [2.24, 2.45) is 0 Å². The second kappa shape index (κ2) is 9.24. The number of benzene rings is 2. The van der Waals surface area contributed by atoms with Crippen molar-refractivity contribution in [3.63, 3.8) is 0 Å². The van der Waals surface area contributed by atoms with Gasteiger partial charge < -0.3 is 15.7 Å². The van der Waals surface area contributed by atoms with Crippen molar-refractivity contribution >= 4 is 27.9 Å². The first kappa shape index (κ1) is 21.6. The third-order valence-electron chi connectivity index (χ3n) is 5.32. The molecular weight excluding hydrogens is 396 g/mol. The molecule has 0 amide bonds. The molecule has 0 aliphatic heterocycles. The number of rotatable bonds is 5. The second-order valence-corrected chi connectivity index (χ2v) is 7.88. The van der Waals surface area contributed by atoms with Crippen LogP contribution in [0.3, 0.4) is 0 Å². The Hall–Kier alpha value is -3.64. The summed E-state index contributed by atoms with van der Waals surface area (Å²) in [5.74, 6) is 1.29. The first-order valence-corrected chi connectivity index (χ1v) is 11.0. The van der Waals surface area contributed by atoms with E-state index in [4.69, 9.17) is 5.73 Å². The van der Waals surface area contributed by atoms with Gasteiger partial charge in [0.25, 0.3) is 0 Å². The average Bonchev–Trinajstić information content (AvgIpc) is 3.37. The average molecular weight is 427 g/mol. The highest BCUT2D eigenvalue weighted by Gasteiger charge is 2.13. The van der Waals surface area contributed by atoms with Crippen molar-refractivity contribution in [3.05, 3.63) is 77.6 Å². The number of aryl methyl sites for hydroxylation is 1. The van der Waals surface area contributed by atoms with Crippen molar-refractivity contribution < 1.29 is 0 Å². The topological polar surface area (TPSA) is 86.6 Å². The van der Waals surface area contributed by atoms with Crippen LogP contribution in [0.4, 0.5) is 5.82 Å². The van der Waals surface area contributed by atoms with Crippen LogP contribution in [0.1, 0.15) is 30.8 Å². The van der Waals surface area contributed by atoms with Gasteiger partial charge in [0.05, 0.1) is 5.52 Å². The van der Waals surface area contributed by atoms with Gasteiger partial charge in [-0.1, -0.05) is 56.3 Å². The lowest BCUT2D eigenvalue weighted by molar-refractivity contribution is 0.319. The Bertz CT molecular complexity index is 1330. The van der Waals surface area contributed by atoms with E-state index < -0.39 is 0 Å². The summed E-state index contributed by atoms with van der Waals surface area (Å²) in [5, 5.41) is 1.17.